The van der Waals surface area contributed by atoms with Crippen molar-refractivity contribution in [3.05, 3.63) is 42.0 Å². The first-order valence-electron chi connectivity index (χ1n) is 9.29. The molecular formula is C20H19F5O7S. The number of rotatable bonds is 7. The third-order valence-corrected chi connectivity index (χ3v) is 5.78. The minimum atomic E-state index is -6.61. The van der Waals surface area contributed by atoms with Crippen molar-refractivity contribution in [2.75, 3.05) is 0 Å². The predicted octanol–water partition coefficient (Wildman–Crippen LogP) is 4.75. The Bertz CT molecular complexity index is 1170. The zero-order valence-electron chi connectivity index (χ0n) is 17.4. The molecule has 0 aromatic heterocycles. The topological polar surface area (TPSA) is 107 Å². The van der Waals surface area contributed by atoms with Gasteiger partial charge in [-0.3, -0.25) is 9.35 Å². The molecule has 2 rings (SSSR count). The molecule has 13 heteroatoms. The van der Waals surface area contributed by atoms with E-state index >= 15 is 0 Å². The molecule has 2 aromatic rings. The number of carbonyl (C=O) groups is 2. The molecule has 0 aliphatic heterocycles. The summed E-state index contributed by atoms with van der Waals surface area (Å²) in [7, 11) is -6.61. The normalized spacial score (nSPS) is 14.1. The van der Waals surface area contributed by atoms with Gasteiger partial charge in [-0.15, -0.1) is 0 Å². The number of esters is 2. The third kappa shape index (κ3) is 5.58. The van der Waals surface area contributed by atoms with Crippen LogP contribution in [0.4, 0.5) is 22.0 Å². The molecule has 1 atom stereocenters. The third-order valence-electron chi connectivity index (χ3n) is 4.88. The van der Waals surface area contributed by atoms with Gasteiger partial charge >= 0.3 is 33.5 Å². The van der Waals surface area contributed by atoms with Crippen molar-refractivity contribution >= 4 is 32.8 Å². The number of ether oxygens (including phenoxy) is 2. The van der Waals surface area contributed by atoms with E-state index in [1.165, 1.54) is 32.0 Å². The van der Waals surface area contributed by atoms with Crippen LogP contribution in [-0.4, -0.2) is 42.4 Å². The monoisotopic (exact) mass is 498 g/mol. The van der Waals surface area contributed by atoms with Gasteiger partial charge in [-0.25, -0.2) is 4.79 Å². The maximum Gasteiger partial charge on any atom is 0.432 e. The van der Waals surface area contributed by atoms with Crippen molar-refractivity contribution in [3.63, 3.8) is 0 Å². The SMILES string of the molecule is CCC(C)(C)C(=O)Oc1cc2ccccc2cc1C(=O)OC(C(F)(F)F)C(F)(F)S(=O)(=O)O. The number of carbonyl (C=O) groups excluding carboxylic acids is 2. The fourth-order valence-corrected chi connectivity index (χ4v) is 2.93. The van der Waals surface area contributed by atoms with Gasteiger partial charge in [0.1, 0.15) is 11.3 Å². The average Bonchev–Trinajstić information content (AvgIpc) is 2.69. The first kappa shape index (κ1) is 26.5. The van der Waals surface area contributed by atoms with Crippen molar-refractivity contribution < 1.29 is 54.0 Å². The van der Waals surface area contributed by atoms with Crippen LogP contribution >= 0.6 is 0 Å². The Kier molecular flexibility index (Phi) is 7.10. The lowest BCUT2D eigenvalue weighted by Crippen LogP contribution is -2.52. The number of hydrogen-bond acceptors (Lipinski definition) is 6. The summed E-state index contributed by atoms with van der Waals surface area (Å²) < 4.78 is 106. The largest absolute Gasteiger partial charge is 0.441 e. The maximum atomic E-state index is 13.8. The fourth-order valence-electron chi connectivity index (χ4n) is 2.48. The molecule has 0 bridgehead atoms. The van der Waals surface area contributed by atoms with E-state index in [4.69, 9.17) is 9.29 Å². The molecule has 1 N–H and O–H groups in total. The molecule has 0 spiro atoms. The van der Waals surface area contributed by atoms with Gasteiger partial charge in [-0.2, -0.15) is 30.4 Å². The summed E-state index contributed by atoms with van der Waals surface area (Å²) in [5.41, 5.74) is -1.91. The van der Waals surface area contributed by atoms with Crippen LogP contribution in [0.5, 0.6) is 5.75 Å². The lowest BCUT2D eigenvalue weighted by Gasteiger charge is -2.26. The van der Waals surface area contributed by atoms with Crippen LogP contribution in [0.2, 0.25) is 0 Å². The van der Waals surface area contributed by atoms with Gasteiger partial charge < -0.3 is 9.47 Å². The summed E-state index contributed by atoms with van der Waals surface area (Å²) in [6.07, 6.45) is -10.3. The Morgan fingerprint density at radius 2 is 1.55 bits per heavy atom. The van der Waals surface area contributed by atoms with Gasteiger partial charge in [0.2, 0.25) is 0 Å². The van der Waals surface area contributed by atoms with Gasteiger partial charge in [-0.05, 0) is 43.2 Å². The van der Waals surface area contributed by atoms with E-state index in [1.807, 2.05) is 0 Å². The minimum Gasteiger partial charge on any atom is -0.441 e. The maximum absolute atomic E-state index is 13.8. The van der Waals surface area contributed by atoms with E-state index in [9.17, 15) is 40.0 Å². The number of halogens is 5. The van der Waals surface area contributed by atoms with Crippen LogP contribution in [0.3, 0.4) is 0 Å². The second-order valence-corrected chi connectivity index (χ2v) is 9.18. The number of fused-ring (bicyclic) bond motifs is 1. The summed E-state index contributed by atoms with van der Waals surface area (Å²) in [5.74, 6) is -3.50. The van der Waals surface area contributed by atoms with Crippen molar-refractivity contribution in [2.24, 2.45) is 5.41 Å². The molecule has 2 aromatic carbocycles. The lowest BCUT2D eigenvalue weighted by molar-refractivity contribution is -0.248. The van der Waals surface area contributed by atoms with Gasteiger partial charge in [-0.1, -0.05) is 31.2 Å². The van der Waals surface area contributed by atoms with E-state index in [2.05, 4.69) is 4.74 Å². The van der Waals surface area contributed by atoms with Gasteiger partial charge in [0.15, 0.2) is 0 Å². The van der Waals surface area contributed by atoms with Gasteiger partial charge in [0, 0.05) is 0 Å². The second-order valence-electron chi connectivity index (χ2n) is 7.69. The van der Waals surface area contributed by atoms with Gasteiger partial charge in [0.25, 0.3) is 6.10 Å². The molecule has 182 valence electrons. The van der Waals surface area contributed by atoms with Crippen LogP contribution in [-0.2, 0) is 19.6 Å². The van der Waals surface area contributed by atoms with Crippen molar-refractivity contribution in [3.8, 4) is 5.75 Å². The number of alkyl halides is 5. The smallest absolute Gasteiger partial charge is 0.432 e. The molecule has 33 heavy (non-hydrogen) atoms. The number of hydrogen-bond donors (Lipinski definition) is 1. The van der Waals surface area contributed by atoms with Crippen LogP contribution < -0.4 is 4.74 Å². The summed E-state index contributed by atoms with van der Waals surface area (Å²) in [6.45, 7) is 4.66. The number of benzene rings is 2. The predicted molar refractivity (Wildman–Crippen MR) is 105 cm³/mol. The van der Waals surface area contributed by atoms with E-state index in [0.717, 1.165) is 12.1 Å². The Hall–Kier alpha value is -2.80. The highest BCUT2D eigenvalue weighted by atomic mass is 32.2. The van der Waals surface area contributed by atoms with Crippen LogP contribution in [0.1, 0.15) is 37.6 Å². The summed E-state index contributed by atoms with van der Waals surface area (Å²) in [4.78, 5) is 25.0. The standard InChI is InChI=1S/C20H19F5O7S/c1-4-18(2,3)17(27)31-14-10-12-8-6-5-7-11(12)9-13(14)15(26)32-16(19(21,22)23)20(24,25)33(28,29)30/h5-10,16H,4H2,1-3H3,(H,28,29,30). The molecule has 1 unspecified atom stereocenters. The first-order chi connectivity index (χ1) is 14.9. The zero-order chi connectivity index (χ0) is 25.4. The molecular weight excluding hydrogens is 479 g/mol. The highest BCUT2D eigenvalue weighted by Crippen LogP contribution is 2.39. The van der Waals surface area contributed by atoms with E-state index in [0.29, 0.717) is 5.39 Å². The van der Waals surface area contributed by atoms with Crippen LogP contribution in [0.15, 0.2) is 36.4 Å². The summed E-state index contributed by atoms with van der Waals surface area (Å²) >= 11 is 0. The minimum absolute atomic E-state index is 0.254. The highest BCUT2D eigenvalue weighted by molar-refractivity contribution is 7.86. The van der Waals surface area contributed by atoms with Crippen molar-refractivity contribution in [1.82, 2.24) is 0 Å². The summed E-state index contributed by atoms with van der Waals surface area (Å²) in [5, 5.41) is -5.26. The molecule has 0 saturated heterocycles. The molecule has 0 fully saturated rings. The molecule has 7 nitrogen and oxygen atoms in total. The second kappa shape index (κ2) is 8.86. The molecule has 0 heterocycles. The lowest BCUT2D eigenvalue weighted by atomic mass is 9.90. The fraction of sp³-hybridized carbons (Fsp3) is 0.400. The molecule has 0 amide bonds. The Morgan fingerprint density at radius 1 is 1.03 bits per heavy atom. The van der Waals surface area contributed by atoms with E-state index < -0.39 is 56.3 Å². The molecule has 0 aliphatic rings. The quantitative estimate of drug-likeness (QED) is 0.254. The Morgan fingerprint density at radius 3 is 2.00 bits per heavy atom. The first-order valence-corrected chi connectivity index (χ1v) is 10.7. The van der Waals surface area contributed by atoms with Gasteiger partial charge in [0.05, 0.1) is 5.41 Å². The zero-order valence-corrected chi connectivity index (χ0v) is 18.3. The summed E-state index contributed by atoms with van der Waals surface area (Å²) in [6, 6.07) is 8.11. The molecule has 0 aliphatic carbocycles. The average molecular weight is 498 g/mol. The van der Waals surface area contributed by atoms with Crippen LogP contribution in [0, 0.1) is 5.41 Å². The molecule has 0 radical (unpaired) electrons. The Labute approximate surface area is 185 Å². The van der Waals surface area contributed by atoms with Crippen LogP contribution in [0.25, 0.3) is 10.8 Å². The Balaban J connectivity index is 2.60. The van der Waals surface area contributed by atoms with Crippen molar-refractivity contribution in [2.45, 2.75) is 44.7 Å². The highest BCUT2D eigenvalue weighted by Gasteiger charge is 2.66. The molecule has 0 saturated carbocycles. The van der Waals surface area contributed by atoms with E-state index in [-0.39, 0.29) is 11.8 Å². The van der Waals surface area contributed by atoms with Crippen molar-refractivity contribution in [1.29, 1.82) is 0 Å². The van der Waals surface area contributed by atoms with E-state index in [1.54, 1.807) is 13.0 Å².